The Morgan fingerprint density at radius 2 is 1.93 bits per heavy atom. The molecule has 5 nitrogen and oxygen atoms in total. The zero-order valence-corrected chi connectivity index (χ0v) is 17.0. The minimum Gasteiger partial charge on any atom is -0.495 e. The first-order valence-corrected chi connectivity index (χ1v) is 9.69. The van der Waals surface area contributed by atoms with Crippen molar-refractivity contribution in [3.63, 3.8) is 0 Å². The van der Waals surface area contributed by atoms with Crippen molar-refractivity contribution in [3.8, 4) is 5.75 Å². The molecular weight excluding hydrogens is 398 g/mol. The number of halogens is 1. The van der Waals surface area contributed by atoms with Crippen molar-refractivity contribution in [2.24, 2.45) is 0 Å². The van der Waals surface area contributed by atoms with Crippen LogP contribution in [0.4, 0.5) is 5.69 Å². The van der Waals surface area contributed by atoms with Gasteiger partial charge in [-0.15, -0.1) is 11.3 Å². The van der Waals surface area contributed by atoms with E-state index in [1.165, 1.54) is 18.4 Å². The third kappa shape index (κ3) is 3.15. The lowest BCUT2D eigenvalue weighted by Crippen LogP contribution is -2.11. The van der Waals surface area contributed by atoms with Crippen molar-refractivity contribution >= 4 is 55.6 Å². The highest BCUT2D eigenvalue weighted by Crippen LogP contribution is 2.34. The van der Waals surface area contributed by atoms with Gasteiger partial charge in [0.15, 0.2) is 0 Å². The highest BCUT2D eigenvalue weighted by molar-refractivity contribution is 7.21. The van der Waals surface area contributed by atoms with E-state index in [2.05, 4.69) is 5.32 Å². The Morgan fingerprint density at radius 3 is 2.68 bits per heavy atom. The molecule has 4 aromatic rings. The highest BCUT2D eigenvalue weighted by Gasteiger charge is 2.18. The van der Waals surface area contributed by atoms with Gasteiger partial charge in [-0.3, -0.25) is 4.79 Å². The smallest absolute Gasteiger partial charge is 0.345 e. The summed E-state index contributed by atoms with van der Waals surface area (Å²) in [6.45, 7) is 3.81. The van der Waals surface area contributed by atoms with Gasteiger partial charge in [0, 0.05) is 16.5 Å². The molecule has 1 N–H and O–H groups in total. The number of thiophene rings is 1. The Morgan fingerprint density at radius 1 is 1.14 bits per heavy atom. The minimum absolute atomic E-state index is 0.332. The van der Waals surface area contributed by atoms with Gasteiger partial charge >= 0.3 is 5.63 Å². The number of hydrogen-bond acceptors (Lipinski definition) is 5. The first-order chi connectivity index (χ1) is 13.4. The minimum atomic E-state index is -0.457. The van der Waals surface area contributed by atoms with E-state index in [1.807, 2.05) is 26.0 Å². The summed E-state index contributed by atoms with van der Waals surface area (Å²) in [5.74, 6) is 0.132. The van der Waals surface area contributed by atoms with Crippen LogP contribution in [0, 0.1) is 13.8 Å². The van der Waals surface area contributed by atoms with Crippen LogP contribution in [-0.2, 0) is 0 Å². The van der Waals surface area contributed by atoms with Crippen LogP contribution >= 0.6 is 22.9 Å². The predicted molar refractivity (Wildman–Crippen MR) is 113 cm³/mol. The second kappa shape index (κ2) is 6.96. The first kappa shape index (κ1) is 18.5. The van der Waals surface area contributed by atoms with Crippen LogP contribution in [0.2, 0.25) is 5.02 Å². The van der Waals surface area contributed by atoms with Gasteiger partial charge in [0.2, 0.25) is 0 Å². The fourth-order valence-electron chi connectivity index (χ4n) is 3.03. The third-order valence-corrected chi connectivity index (χ3v) is 6.06. The molecule has 4 rings (SSSR count). The normalized spacial score (nSPS) is 11.1. The fraction of sp³-hybridized carbons (Fsp3) is 0.143. The van der Waals surface area contributed by atoms with Crippen molar-refractivity contribution in [1.29, 1.82) is 0 Å². The molecule has 28 heavy (non-hydrogen) atoms. The number of carbonyl (C=O) groups excluding carboxylic acids is 1. The quantitative estimate of drug-likeness (QED) is 0.448. The largest absolute Gasteiger partial charge is 0.495 e. The standard InChI is InChI=1S/C21H16ClNO4S/c1-10-4-5-16-12(6-10)19-13(21(25)27-16)8-18(28-19)20(24)23-15-7-11(2)14(22)9-17(15)26-3/h4-9H,1-3H3,(H,23,24). The van der Waals surface area contributed by atoms with Crippen LogP contribution in [0.1, 0.15) is 20.8 Å². The number of methoxy groups -OCH3 is 1. The number of nitrogens with one attached hydrogen (secondary N) is 1. The lowest BCUT2D eigenvalue weighted by atomic mass is 10.1. The van der Waals surface area contributed by atoms with E-state index in [9.17, 15) is 9.59 Å². The number of aryl methyl sites for hydroxylation is 2. The summed E-state index contributed by atoms with van der Waals surface area (Å²) in [6.07, 6.45) is 0. The summed E-state index contributed by atoms with van der Waals surface area (Å²) in [5, 5.41) is 4.61. The molecule has 7 heteroatoms. The number of benzene rings is 2. The van der Waals surface area contributed by atoms with E-state index in [1.54, 1.807) is 24.3 Å². The number of fused-ring (bicyclic) bond motifs is 3. The molecule has 142 valence electrons. The van der Waals surface area contributed by atoms with Gasteiger partial charge < -0.3 is 14.5 Å². The summed E-state index contributed by atoms with van der Waals surface area (Å²) in [7, 11) is 1.51. The molecule has 2 aromatic carbocycles. The second-order valence-corrected chi connectivity index (χ2v) is 7.96. The van der Waals surface area contributed by atoms with Crippen molar-refractivity contribution in [2.75, 3.05) is 12.4 Å². The molecule has 1 amide bonds. The molecular formula is C21H16ClNO4S. The van der Waals surface area contributed by atoms with Gasteiger partial charge in [-0.1, -0.05) is 23.2 Å². The molecule has 2 heterocycles. The Hall–Kier alpha value is -2.83. The van der Waals surface area contributed by atoms with E-state index in [0.717, 1.165) is 21.2 Å². The number of amides is 1. The molecule has 0 spiro atoms. The van der Waals surface area contributed by atoms with Gasteiger partial charge in [-0.2, -0.15) is 0 Å². The lowest BCUT2D eigenvalue weighted by Gasteiger charge is -2.11. The van der Waals surface area contributed by atoms with Crippen LogP contribution in [-0.4, -0.2) is 13.0 Å². The van der Waals surface area contributed by atoms with Crippen molar-refractivity contribution in [1.82, 2.24) is 0 Å². The van der Waals surface area contributed by atoms with E-state index in [0.29, 0.717) is 32.3 Å². The predicted octanol–water partition coefficient (Wildman–Crippen LogP) is 5.54. The molecule has 0 saturated heterocycles. The lowest BCUT2D eigenvalue weighted by molar-refractivity contribution is 0.103. The van der Waals surface area contributed by atoms with Gasteiger partial charge in [-0.05, 0) is 43.7 Å². The zero-order chi connectivity index (χ0) is 20.0. The summed E-state index contributed by atoms with van der Waals surface area (Å²) in [5.41, 5.74) is 2.42. The topological polar surface area (TPSA) is 68.5 Å². The molecule has 0 saturated carbocycles. The second-order valence-electron chi connectivity index (χ2n) is 6.50. The van der Waals surface area contributed by atoms with Crippen molar-refractivity contribution < 1.29 is 13.9 Å². The molecule has 2 aromatic heterocycles. The van der Waals surface area contributed by atoms with Gasteiger partial charge in [0.1, 0.15) is 11.3 Å². The maximum absolute atomic E-state index is 12.8. The number of carbonyl (C=O) groups is 1. The summed E-state index contributed by atoms with van der Waals surface area (Å²) < 4.78 is 11.4. The van der Waals surface area contributed by atoms with Crippen LogP contribution in [0.3, 0.4) is 0 Å². The maximum atomic E-state index is 12.8. The molecule has 0 aliphatic heterocycles. The molecule has 0 radical (unpaired) electrons. The molecule has 0 unspecified atom stereocenters. The Balaban J connectivity index is 1.80. The Labute approximate surface area is 169 Å². The van der Waals surface area contributed by atoms with Crippen LogP contribution in [0.15, 0.2) is 45.6 Å². The summed E-state index contributed by atoms with van der Waals surface area (Å²) >= 11 is 7.38. The van der Waals surface area contributed by atoms with Crippen molar-refractivity contribution in [3.05, 3.63) is 67.8 Å². The molecule has 0 atom stereocenters. The first-order valence-electron chi connectivity index (χ1n) is 8.50. The Bertz CT molecular complexity index is 1310. The van der Waals surface area contributed by atoms with E-state index >= 15 is 0 Å². The third-order valence-electron chi connectivity index (χ3n) is 4.49. The van der Waals surface area contributed by atoms with Crippen LogP contribution in [0.5, 0.6) is 5.75 Å². The maximum Gasteiger partial charge on any atom is 0.345 e. The fourth-order valence-corrected chi connectivity index (χ4v) is 4.25. The number of hydrogen-bond donors (Lipinski definition) is 1. The van der Waals surface area contributed by atoms with Gasteiger partial charge in [-0.25, -0.2) is 4.79 Å². The van der Waals surface area contributed by atoms with E-state index in [4.69, 9.17) is 20.8 Å². The summed E-state index contributed by atoms with van der Waals surface area (Å²) in [6, 6.07) is 10.6. The summed E-state index contributed by atoms with van der Waals surface area (Å²) in [4.78, 5) is 25.6. The van der Waals surface area contributed by atoms with E-state index < -0.39 is 5.63 Å². The number of rotatable bonds is 3. The average molecular weight is 414 g/mol. The Kier molecular flexibility index (Phi) is 4.61. The molecule has 0 fully saturated rings. The molecule has 0 aliphatic carbocycles. The number of anilines is 1. The average Bonchev–Trinajstić information content (AvgIpc) is 3.12. The van der Waals surface area contributed by atoms with Crippen molar-refractivity contribution in [2.45, 2.75) is 13.8 Å². The van der Waals surface area contributed by atoms with E-state index in [-0.39, 0.29) is 5.91 Å². The SMILES string of the molecule is COc1cc(Cl)c(C)cc1NC(=O)c1cc2c(=O)oc3ccc(C)cc3c2s1. The zero-order valence-electron chi connectivity index (χ0n) is 15.4. The van der Waals surface area contributed by atoms with Crippen LogP contribution in [0.25, 0.3) is 21.1 Å². The van der Waals surface area contributed by atoms with Gasteiger partial charge in [0.25, 0.3) is 5.91 Å². The van der Waals surface area contributed by atoms with Gasteiger partial charge in [0.05, 0.1) is 27.8 Å². The monoisotopic (exact) mass is 413 g/mol. The van der Waals surface area contributed by atoms with Crippen LogP contribution < -0.4 is 15.7 Å². The molecule has 0 bridgehead atoms. The highest BCUT2D eigenvalue weighted by atomic mass is 35.5. The molecule has 0 aliphatic rings. The number of ether oxygens (including phenoxy) is 1.